The van der Waals surface area contributed by atoms with Gasteiger partial charge in [0, 0.05) is 5.39 Å². The highest BCUT2D eigenvalue weighted by Crippen LogP contribution is 2.48. The van der Waals surface area contributed by atoms with E-state index in [1.807, 2.05) is 12.1 Å². The minimum atomic E-state index is -0.238. The Morgan fingerprint density at radius 2 is 1.76 bits per heavy atom. The van der Waals surface area contributed by atoms with Crippen LogP contribution in [-0.4, -0.2) is 7.11 Å². The molecule has 2 saturated carbocycles. The summed E-state index contributed by atoms with van der Waals surface area (Å²) in [4.78, 5) is 0. The lowest BCUT2D eigenvalue weighted by Crippen LogP contribution is -2.30. The molecule has 0 bridgehead atoms. The van der Waals surface area contributed by atoms with E-state index in [1.54, 1.807) is 6.07 Å². The molecular formula is C27H37FO. The van der Waals surface area contributed by atoms with E-state index in [0.29, 0.717) is 17.1 Å². The average molecular weight is 397 g/mol. The van der Waals surface area contributed by atoms with Crippen molar-refractivity contribution in [2.75, 3.05) is 7.11 Å². The molecule has 2 aromatic rings. The summed E-state index contributed by atoms with van der Waals surface area (Å²) in [5.41, 5.74) is 1.40. The lowest BCUT2D eigenvalue weighted by atomic mass is 9.63. The Bertz CT molecular complexity index is 814. The van der Waals surface area contributed by atoms with Gasteiger partial charge < -0.3 is 4.74 Å². The molecule has 0 heterocycles. The van der Waals surface area contributed by atoms with Gasteiger partial charge in [0.05, 0.1) is 7.11 Å². The van der Waals surface area contributed by atoms with Crippen LogP contribution < -0.4 is 4.74 Å². The van der Waals surface area contributed by atoms with E-state index in [4.69, 9.17) is 4.74 Å². The highest BCUT2D eigenvalue weighted by molar-refractivity contribution is 5.85. The van der Waals surface area contributed by atoms with Crippen molar-refractivity contribution < 1.29 is 9.13 Å². The molecule has 0 N–H and O–H groups in total. The van der Waals surface area contributed by atoms with E-state index >= 15 is 0 Å². The van der Waals surface area contributed by atoms with E-state index in [2.05, 4.69) is 19.1 Å². The zero-order valence-electron chi connectivity index (χ0n) is 18.3. The lowest BCUT2D eigenvalue weighted by Gasteiger charge is -2.42. The minimum Gasteiger partial charge on any atom is -0.494 e. The number of halogens is 1. The van der Waals surface area contributed by atoms with Crippen molar-refractivity contribution in [3.05, 3.63) is 41.7 Å². The van der Waals surface area contributed by atoms with Gasteiger partial charge in [0.2, 0.25) is 0 Å². The second kappa shape index (κ2) is 9.49. The molecular weight excluding hydrogens is 359 g/mol. The maximum absolute atomic E-state index is 14.5. The summed E-state index contributed by atoms with van der Waals surface area (Å²) in [6.45, 7) is 2.30. The summed E-state index contributed by atoms with van der Waals surface area (Å²) < 4.78 is 19.6. The summed E-state index contributed by atoms with van der Waals surface area (Å²) >= 11 is 0. The lowest BCUT2D eigenvalue weighted by molar-refractivity contribution is 0.113. The number of fused-ring (bicyclic) bond motifs is 2. The summed E-state index contributed by atoms with van der Waals surface area (Å²) in [6, 6.07) is 10.1. The Balaban J connectivity index is 1.38. The van der Waals surface area contributed by atoms with Crippen LogP contribution in [0.15, 0.2) is 30.3 Å². The zero-order chi connectivity index (χ0) is 20.2. The van der Waals surface area contributed by atoms with E-state index in [9.17, 15) is 4.39 Å². The fourth-order valence-electron chi connectivity index (χ4n) is 6.11. The molecule has 2 aliphatic rings. The molecule has 2 fully saturated rings. The Labute approximate surface area is 176 Å². The van der Waals surface area contributed by atoms with Crippen molar-refractivity contribution in [3.8, 4) is 5.75 Å². The molecule has 0 spiro atoms. The number of hydrogen-bond acceptors (Lipinski definition) is 1. The monoisotopic (exact) mass is 396 g/mol. The first-order valence-corrected chi connectivity index (χ1v) is 12.0. The highest BCUT2D eigenvalue weighted by Gasteiger charge is 2.35. The summed E-state index contributed by atoms with van der Waals surface area (Å²) in [5.74, 6) is 3.59. The molecule has 4 atom stereocenters. The summed E-state index contributed by atoms with van der Waals surface area (Å²) in [6.07, 6.45) is 15.4. The van der Waals surface area contributed by atoms with Gasteiger partial charge in [-0.2, -0.15) is 0 Å². The number of rotatable bonds is 7. The highest BCUT2D eigenvalue weighted by atomic mass is 19.1. The summed E-state index contributed by atoms with van der Waals surface area (Å²) in [5, 5.41) is 1.67. The number of ether oxygens (including phenoxy) is 1. The SMILES string of the molecule is CCCCCCC1CCC2CC(c3ccc4c(F)c(OC)ccc4c3)CCC2C1. The second-order valence-electron chi connectivity index (χ2n) is 9.62. The van der Waals surface area contributed by atoms with Gasteiger partial charge in [-0.25, -0.2) is 4.39 Å². The number of methoxy groups -OCH3 is 1. The Morgan fingerprint density at radius 3 is 2.59 bits per heavy atom. The number of unbranched alkanes of at least 4 members (excludes halogenated alkanes) is 3. The van der Waals surface area contributed by atoms with Gasteiger partial charge in [-0.1, -0.05) is 69.7 Å². The van der Waals surface area contributed by atoms with Crippen LogP contribution in [0.2, 0.25) is 0 Å². The van der Waals surface area contributed by atoms with E-state index in [1.165, 1.54) is 83.3 Å². The van der Waals surface area contributed by atoms with Crippen LogP contribution in [-0.2, 0) is 0 Å². The van der Waals surface area contributed by atoms with Crippen molar-refractivity contribution in [2.45, 2.75) is 83.5 Å². The minimum absolute atomic E-state index is 0.238. The third kappa shape index (κ3) is 4.62. The molecule has 158 valence electrons. The van der Waals surface area contributed by atoms with Gasteiger partial charge in [0.25, 0.3) is 0 Å². The number of benzene rings is 2. The topological polar surface area (TPSA) is 9.23 Å². The molecule has 1 nitrogen and oxygen atoms in total. The smallest absolute Gasteiger partial charge is 0.172 e. The average Bonchev–Trinajstić information content (AvgIpc) is 2.76. The summed E-state index contributed by atoms with van der Waals surface area (Å²) in [7, 11) is 1.52. The van der Waals surface area contributed by atoms with E-state index < -0.39 is 0 Å². The Hall–Kier alpha value is -1.57. The molecule has 0 aliphatic heterocycles. The van der Waals surface area contributed by atoms with E-state index in [0.717, 1.165) is 23.1 Å². The van der Waals surface area contributed by atoms with Gasteiger partial charge >= 0.3 is 0 Å². The fourth-order valence-corrected chi connectivity index (χ4v) is 6.11. The van der Waals surface area contributed by atoms with Crippen molar-refractivity contribution in [1.82, 2.24) is 0 Å². The van der Waals surface area contributed by atoms with E-state index in [-0.39, 0.29) is 5.82 Å². The van der Waals surface area contributed by atoms with Crippen LogP contribution >= 0.6 is 0 Å². The van der Waals surface area contributed by atoms with Crippen molar-refractivity contribution in [1.29, 1.82) is 0 Å². The van der Waals surface area contributed by atoms with Gasteiger partial charge in [-0.05, 0) is 72.8 Å². The third-order valence-corrected chi connectivity index (χ3v) is 7.82. The van der Waals surface area contributed by atoms with Gasteiger partial charge in [-0.15, -0.1) is 0 Å². The first kappa shape index (κ1) is 20.7. The molecule has 0 amide bonds. The molecule has 2 heteroatoms. The van der Waals surface area contributed by atoms with Crippen molar-refractivity contribution in [2.24, 2.45) is 17.8 Å². The maximum Gasteiger partial charge on any atom is 0.172 e. The fraction of sp³-hybridized carbons (Fsp3) is 0.630. The first-order valence-electron chi connectivity index (χ1n) is 12.0. The first-order chi connectivity index (χ1) is 14.2. The van der Waals surface area contributed by atoms with Crippen LogP contribution in [0.25, 0.3) is 10.8 Å². The molecule has 2 aliphatic carbocycles. The molecule has 0 aromatic heterocycles. The predicted molar refractivity (Wildman–Crippen MR) is 120 cm³/mol. The van der Waals surface area contributed by atoms with Crippen LogP contribution in [0.5, 0.6) is 5.75 Å². The predicted octanol–water partition coefficient (Wildman–Crippen LogP) is 8.26. The molecule has 0 saturated heterocycles. The third-order valence-electron chi connectivity index (χ3n) is 7.82. The zero-order valence-corrected chi connectivity index (χ0v) is 18.3. The van der Waals surface area contributed by atoms with Crippen LogP contribution in [0.1, 0.15) is 89.0 Å². The maximum atomic E-state index is 14.5. The largest absolute Gasteiger partial charge is 0.494 e. The number of hydrogen-bond donors (Lipinski definition) is 0. The van der Waals surface area contributed by atoms with Crippen molar-refractivity contribution >= 4 is 10.8 Å². The van der Waals surface area contributed by atoms with Crippen LogP contribution in [0.3, 0.4) is 0 Å². The van der Waals surface area contributed by atoms with Crippen molar-refractivity contribution in [3.63, 3.8) is 0 Å². The molecule has 29 heavy (non-hydrogen) atoms. The molecule has 0 radical (unpaired) electrons. The molecule has 2 aromatic carbocycles. The second-order valence-corrected chi connectivity index (χ2v) is 9.62. The Morgan fingerprint density at radius 1 is 0.931 bits per heavy atom. The van der Waals surface area contributed by atoms with Crippen LogP contribution in [0, 0.1) is 23.6 Å². The van der Waals surface area contributed by atoms with Gasteiger partial charge in [-0.3, -0.25) is 0 Å². The normalized spacial score (nSPS) is 27.0. The standard InChI is InChI=1S/C27H37FO/c1-3-4-5-6-7-19-8-9-21-17-22(11-10-20(21)16-19)23-12-14-25-24(18-23)13-15-26(29-2)27(25)28/h12-15,18-22H,3-11,16-17H2,1-2H3. The van der Waals surface area contributed by atoms with Gasteiger partial charge in [0.15, 0.2) is 11.6 Å². The molecule has 4 unspecified atom stereocenters. The molecule has 4 rings (SSSR count). The quantitative estimate of drug-likeness (QED) is 0.428. The van der Waals surface area contributed by atoms with Crippen LogP contribution in [0.4, 0.5) is 4.39 Å². The Kier molecular flexibility index (Phi) is 6.77. The van der Waals surface area contributed by atoms with Gasteiger partial charge in [0.1, 0.15) is 0 Å².